The van der Waals surface area contributed by atoms with E-state index in [2.05, 4.69) is 25.9 Å². The van der Waals surface area contributed by atoms with Crippen molar-refractivity contribution in [3.8, 4) is 0 Å². The predicted octanol–water partition coefficient (Wildman–Crippen LogP) is 1.58. The molecule has 1 rings (SSSR count). The van der Waals surface area contributed by atoms with Crippen molar-refractivity contribution in [2.75, 3.05) is 0 Å². The van der Waals surface area contributed by atoms with Gasteiger partial charge in [-0.2, -0.15) is 5.10 Å². The van der Waals surface area contributed by atoms with Crippen LogP contribution >= 0.6 is 0 Å². The van der Waals surface area contributed by atoms with Crippen molar-refractivity contribution in [2.24, 2.45) is 24.6 Å². The Morgan fingerprint density at radius 3 is 2.50 bits per heavy atom. The molecule has 2 atom stereocenters. The molecule has 2 N–H and O–H groups in total. The fourth-order valence-corrected chi connectivity index (χ4v) is 1.49. The maximum atomic E-state index is 6.11. The topological polar surface area (TPSA) is 43.8 Å². The number of nitrogens with two attached hydrogens (primary N) is 1. The summed E-state index contributed by atoms with van der Waals surface area (Å²) in [6, 6.07) is 2.25. The third kappa shape index (κ3) is 2.84. The fourth-order valence-electron chi connectivity index (χ4n) is 1.49. The summed E-state index contributed by atoms with van der Waals surface area (Å²) in [7, 11) is 1.93. The molecule has 0 spiro atoms. The smallest absolute Gasteiger partial charge is 0.0640 e. The summed E-state index contributed by atoms with van der Waals surface area (Å²) >= 11 is 0. The second-order valence-corrected chi connectivity index (χ2v) is 4.45. The summed E-state index contributed by atoms with van der Waals surface area (Å²) in [5, 5.41) is 4.33. The Hall–Kier alpha value is -0.830. The highest BCUT2D eigenvalue weighted by molar-refractivity contribution is 5.01. The standard InChI is InChI=1S/C11H21N3/c1-8(2)9(3)11(12)7-10-5-6-14(4)13-10/h5-6,8-9,11H,7,12H2,1-4H3. The average Bonchev–Trinajstić information content (AvgIpc) is 2.49. The van der Waals surface area contributed by atoms with Gasteiger partial charge in [-0.3, -0.25) is 4.68 Å². The fraction of sp³-hybridized carbons (Fsp3) is 0.727. The van der Waals surface area contributed by atoms with Gasteiger partial charge in [-0.25, -0.2) is 0 Å². The lowest BCUT2D eigenvalue weighted by molar-refractivity contribution is 0.342. The minimum Gasteiger partial charge on any atom is -0.327 e. The lowest BCUT2D eigenvalue weighted by atomic mass is 9.88. The van der Waals surface area contributed by atoms with Crippen LogP contribution in [0, 0.1) is 11.8 Å². The highest BCUT2D eigenvalue weighted by Crippen LogP contribution is 2.15. The molecular formula is C11H21N3. The van der Waals surface area contributed by atoms with Crippen LogP contribution in [0.3, 0.4) is 0 Å². The maximum Gasteiger partial charge on any atom is 0.0640 e. The zero-order valence-electron chi connectivity index (χ0n) is 9.57. The summed E-state index contributed by atoms with van der Waals surface area (Å²) in [4.78, 5) is 0. The molecule has 0 radical (unpaired) electrons. The van der Waals surface area contributed by atoms with Gasteiger partial charge in [0.05, 0.1) is 5.69 Å². The number of hydrogen-bond acceptors (Lipinski definition) is 2. The monoisotopic (exact) mass is 195 g/mol. The summed E-state index contributed by atoms with van der Waals surface area (Å²) in [5.41, 5.74) is 7.20. The lowest BCUT2D eigenvalue weighted by Gasteiger charge is -2.22. The van der Waals surface area contributed by atoms with Gasteiger partial charge in [-0.1, -0.05) is 20.8 Å². The molecule has 0 saturated carbocycles. The van der Waals surface area contributed by atoms with E-state index in [9.17, 15) is 0 Å². The zero-order valence-corrected chi connectivity index (χ0v) is 9.57. The van der Waals surface area contributed by atoms with Gasteiger partial charge in [0.25, 0.3) is 0 Å². The molecule has 0 amide bonds. The molecule has 0 aromatic carbocycles. The molecule has 1 aromatic rings. The van der Waals surface area contributed by atoms with Crippen LogP contribution in [-0.4, -0.2) is 15.8 Å². The molecule has 1 aromatic heterocycles. The minimum atomic E-state index is 0.213. The second-order valence-electron chi connectivity index (χ2n) is 4.45. The first-order valence-corrected chi connectivity index (χ1v) is 5.24. The normalized spacial score (nSPS) is 15.9. The summed E-state index contributed by atoms with van der Waals surface area (Å²) in [6.07, 6.45) is 2.84. The van der Waals surface area contributed by atoms with E-state index in [1.807, 2.05) is 24.0 Å². The van der Waals surface area contributed by atoms with Gasteiger partial charge >= 0.3 is 0 Å². The van der Waals surface area contributed by atoms with E-state index >= 15 is 0 Å². The molecule has 14 heavy (non-hydrogen) atoms. The Bertz CT molecular complexity index is 278. The van der Waals surface area contributed by atoms with Crippen molar-refractivity contribution in [1.82, 2.24) is 9.78 Å². The van der Waals surface area contributed by atoms with Crippen molar-refractivity contribution >= 4 is 0 Å². The van der Waals surface area contributed by atoms with Crippen LogP contribution < -0.4 is 5.73 Å². The van der Waals surface area contributed by atoms with Gasteiger partial charge in [-0.05, 0) is 17.9 Å². The van der Waals surface area contributed by atoms with E-state index in [0.29, 0.717) is 11.8 Å². The van der Waals surface area contributed by atoms with Crippen LogP contribution in [-0.2, 0) is 13.5 Å². The molecular weight excluding hydrogens is 174 g/mol. The van der Waals surface area contributed by atoms with Crippen molar-refractivity contribution in [1.29, 1.82) is 0 Å². The number of hydrogen-bond donors (Lipinski definition) is 1. The Morgan fingerprint density at radius 1 is 1.43 bits per heavy atom. The van der Waals surface area contributed by atoms with Crippen LogP contribution in [0.2, 0.25) is 0 Å². The zero-order chi connectivity index (χ0) is 10.7. The van der Waals surface area contributed by atoms with E-state index in [4.69, 9.17) is 5.73 Å². The first kappa shape index (κ1) is 11.2. The second kappa shape index (κ2) is 4.60. The number of aromatic nitrogens is 2. The quantitative estimate of drug-likeness (QED) is 0.792. The molecule has 0 aliphatic rings. The Morgan fingerprint density at radius 2 is 2.07 bits per heavy atom. The van der Waals surface area contributed by atoms with Crippen LogP contribution in [0.15, 0.2) is 12.3 Å². The average molecular weight is 195 g/mol. The Labute approximate surface area is 86.3 Å². The largest absolute Gasteiger partial charge is 0.327 e. The Balaban J connectivity index is 2.52. The first-order chi connectivity index (χ1) is 6.50. The van der Waals surface area contributed by atoms with Gasteiger partial charge in [0.1, 0.15) is 0 Å². The van der Waals surface area contributed by atoms with E-state index < -0.39 is 0 Å². The Kier molecular flexibility index (Phi) is 3.69. The van der Waals surface area contributed by atoms with E-state index in [0.717, 1.165) is 12.1 Å². The number of nitrogens with zero attached hydrogens (tertiary/aromatic N) is 2. The molecule has 0 aliphatic heterocycles. The molecule has 0 fully saturated rings. The van der Waals surface area contributed by atoms with Crippen molar-refractivity contribution < 1.29 is 0 Å². The summed E-state index contributed by atoms with van der Waals surface area (Å²) < 4.78 is 1.82. The summed E-state index contributed by atoms with van der Waals surface area (Å²) in [6.45, 7) is 6.63. The molecule has 0 saturated heterocycles. The van der Waals surface area contributed by atoms with Gasteiger partial charge in [0.15, 0.2) is 0 Å². The van der Waals surface area contributed by atoms with Gasteiger partial charge < -0.3 is 5.73 Å². The highest BCUT2D eigenvalue weighted by Gasteiger charge is 2.17. The van der Waals surface area contributed by atoms with Gasteiger partial charge in [0.2, 0.25) is 0 Å². The highest BCUT2D eigenvalue weighted by atomic mass is 15.2. The molecule has 3 nitrogen and oxygen atoms in total. The first-order valence-electron chi connectivity index (χ1n) is 5.24. The van der Waals surface area contributed by atoms with Crippen LogP contribution in [0.1, 0.15) is 26.5 Å². The van der Waals surface area contributed by atoms with E-state index in [1.165, 1.54) is 0 Å². The van der Waals surface area contributed by atoms with Crippen molar-refractivity contribution in [3.05, 3.63) is 18.0 Å². The van der Waals surface area contributed by atoms with Crippen LogP contribution in [0.25, 0.3) is 0 Å². The number of rotatable bonds is 4. The van der Waals surface area contributed by atoms with E-state index in [-0.39, 0.29) is 6.04 Å². The molecule has 80 valence electrons. The lowest BCUT2D eigenvalue weighted by Crippen LogP contribution is -2.33. The summed E-state index contributed by atoms with van der Waals surface area (Å²) in [5.74, 6) is 1.17. The SMILES string of the molecule is CC(C)C(C)C(N)Cc1ccn(C)n1. The molecule has 2 unspecified atom stereocenters. The van der Waals surface area contributed by atoms with Crippen molar-refractivity contribution in [2.45, 2.75) is 33.2 Å². The third-order valence-electron chi connectivity index (χ3n) is 2.94. The van der Waals surface area contributed by atoms with Gasteiger partial charge in [-0.15, -0.1) is 0 Å². The predicted molar refractivity (Wildman–Crippen MR) is 58.9 cm³/mol. The minimum absolute atomic E-state index is 0.213. The van der Waals surface area contributed by atoms with Crippen LogP contribution in [0.5, 0.6) is 0 Å². The van der Waals surface area contributed by atoms with Gasteiger partial charge in [0, 0.05) is 25.7 Å². The van der Waals surface area contributed by atoms with E-state index in [1.54, 1.807) is 0 Å². The molecule has 0 aliphatic carbocycles. The third-order valence-corrected chi connectivity index (χ3v) is 2.94. The molecule has 1 heterocycles. The molecule has 3 heteroatoms. The molecule has 0 bridgehead atoms. The number of aryl methyl sites for hydroxylation is 1. The van der Waals surface area contributed by atoms with Crippen molar-refractivity contribution in [3.63, 3.8) is 0 Å². The van der Waals surface area contributed by atoms with Crippen LogP contribution in [0.4, 0.5) is 0 Å². The maximum absolute atomic E-state index is 6.11.